The van der Waals surface area contributed by atoms with Crippen LogP contribution in [0.3, 0.4) is 0 Å². The summed E-state index contributed by atoms with van der Waals surface area (Å²) in [6.45, 7) is 4.48. The lowest BCUT2D eigenvalue weighted by Gasteiger charge is -2.28. The number of carbonyl (C=O) groups excluding carboxylic acids is 2. The molecule has 0 amide bonds. The quantitative estimate of drug-likeness (QED) is 0.0404. The number of esters is 2. The summed E-state index contributed by atoms with van der Waals surface area (Å²) >= 11 is 12.7. The highest BCUT2D eigenvalue weighted by molar-refractivity contribution is 7.89. The first-order chi connectivity index (χ1) is 25.9. The first kappa shape index (κ1) is 44.6. The van der Waals surface area contributed by atoms with Gasteiger partial charge in [-0.3, -0.25) is 4.57 Å². The van der Waals surface area contributed by atoms with Gasteiger partial charge in [0.2, 0.25) is 10.0 Å². The van der Waals surface area contributed by atoms with Gasteiger partial charge in [0, 0.05) is 34.3 Å². The molecule has 56 heavy (non-hydrogen) atoms. The van der Waals surface area contributed by atoms with Crippen LogP contribution < -0.4 is 9.46 Å². The molecule has 0 saturated carbocycles. The minimum absolute atomic E-state index is 0.0745. The van der Waals surface area contributed by atoms with Crippen molar-refractivity contribution in [1.29, 1.82) is 0 Å². The summed E-state index contributed by atoms with van der Waals surface area (Å²) in [5.41, 5.74) is 1.27. The number of methoxy groups -OCH3 is 1. The normalized spacial score (nSPS) is 13.1. The zero-order valence-corrected chi connectivity index (χ0v) is 33.8. The fourth-order valence-electron chi connectivity index (χ4n) is 5.93. The Bertz CT molecular complexity index is 2150. The van der Waals surface area contributed by atoms with Crippen molar-refractivity contribution in [2.45, 2.75) is 68.5 Å². The topological polar surface area (TPSA) is 117 Å². The fourth-order valence-corrected chi connectivity index (χ4v) is 7.75. The number of sulfonamides is 1. The number of quaternary nitrogens is 1. The second-order valence-corrected chi connectivity index (χ2v) is 17.1. The summed E-state index contributed by atoms with van der Waals surface area (Å²) in [5.74, 6) is -5.17. The number of hydrogen-bond acceptors (Lipinski definition) is 7. The molecule has 0 fully saturated rings. The van der Waals surface area contributed by atoms with Crippen LogP contribution in [0.2, 0.25) is 10.0 Å². The molecule has 1 atom stereocenters. The van der Waals surface area contributed by atoms with Gasteiger partial charge in [-0.25, -0.2) is 31.8 Å². The minimum atomic E-state index is -5.51. The number of alkyl halides is 3. The maximum atomic E-state index is 15.8. The molecule has 1 heterocycles. The van der Waals surface area contributed by atoms with Gasteiger partial charge >= 0.3 is 18.1 Å². The summed E-state index contributed by atoms with van der Waals surface area (Å²) in [5, 5.41) is 0.118. The number of nitrogens with one attached hydrogen (secondary N) is 1. The number of unbranched alkanes of at least 4 members (excludes halogenated alkanes) is 1. The van der Waals surface area contributed by atoms with Crippen molar-refractivity contribution < 1.29 is 53.9 Å². The first-order valence-corrected chi connectivity index (χ1v) is 19.5. The molecule has 18 heteroatoms. The summed E-state index contributed by atoms with van der Waals surface area (Å²) in [7, 11) is 2.35. The van der Waals surface area contributed by atoms with Gasteiger partial charge in [0.1, 0.15) is 29.3 Å². The third-order valence-electron chi connectivity index (χ3n) is 9.03. The molecular weight excluding hydrogens is 806 g/mol. The van der Waals surface area contributed by atoms with Crippen LogP contribution in [0, 0.1) is 11.6 Å². The number of carbonyl (C=O) groups is 2. The van der Waals surface area contributed by atoms with Gasteiger partial charge in [-0.15, -0.1) is 0 Å². The molecule has 0 unspecified atom stereocenters. The van der Waals surface area contributed by atoms with Crippen LogP contribution in [0.1, 0.15) is 55.8 Å². The number of nitrogens with zero attached hydrogens (tertiary/aromatic N) is 3. The Kier molecular flexibility index (Phi) is 14.0. The van der Waals surface area contributed by atoms with E-state index in [1.165, 1.54) is 19.2 Å². The Morgan fingerprint density at radius 1 is 0.946 bits per heavy atom. The number of halogens is 7. The van der Waals surface area contributed by atoms with Crippen LogP contribution in [-0.2, 0) is 42.6 Å². The van der Waals surface area contributed by atoms with E-state index in [2.05, 4.69) is 9.72 Å². The van der Waals surface area contributed by atoms with Crippen LogP contribution >= 0.6 is 23.2 Å². The minimum Gasteiger partial charge on any atom is -0.495 e. The van der Waals surface area contributed by atoms with E-state index in [0.29, 0.717) is 51.5 Å². The lowest BCUT2D eigenvalue weighted by Crippen LogP contribution is -2.44. The lowest BCUT2D eigenvalue weighted by molar-refractivity contribution is -0.870. The van der Waals surface area contributed by atoms with Gasteiger partial charge in [-0.2, -0.15) is 17.9 Å². The van der Waals surface area contributed by atoms with E-state index >= 15 is 4.39 Å². The number of ether oxygens (including phenoxy) is 2. The summed E-state index contributed by atoms with van der Waals surface area (Å²) < 4.78 is 109. The van der Waals surface area contributed by atoms with Gasteiger partial charge in [-0.1, -0.05) is 43.1 Å². The fraction of sp³-hybridized carbons (Fsp3) is 0.395. The Morgan fingerprint density at radius 3 is 2.20 bits per heavy atom. The molecule has 3 aromatic carbocycles. The van der Waals surface area contributed by atoms with Gasteiger partial charge in [-0.05, 0) is 79.8 Å². The molecule has 1 aromatic heterocycles. The molecule has 4 rings (SSSR count). The number of imidazole rings is 1. The van der Waals surface area contributed by atoms with Crippen molar-refractivity contribution in [2.24, 2.45) is 0 Å². The molecule has 1 N–H and O–H groups in total. The number of hydrogen-bond donors (Lipinski definition) is 1. The SMILES string of the molecule is COc1cc(C(C)(C)c2cnc(CCc3c(F)cc(S(=O)(=O)N[C@@H](CCCC[N+](C)(C)C)C(=O)OC(=O)C(F)(F)F)cc3Cl)n2-c2ccc(F)cc2)ccc1Cl. The molecule has 0 aliphatic carbocycles. The average molecular weight is 849 g/mol. The van der Waals surface area contributed by atoms with Gasteiger partial charge in [0.05, 0.1) is 50.4 Å². The molecule has 0 saturated heterocycles. The molecule has 0 aliphatic rings. The highest BCUT2D eigenvalue weighted by Gasteiger charge is 2.44. The molecule has 10 nitrogen and oxygen atoms in total. The van der Waals surface area contributed by atoms with E-state index in [-0.39, 0.29) is 36.3 Å². The molecule has 0 aliphatic heterocycles. The third kappa shape index (κ3) is 11.1. The molecule has 304 valence electrons. The van der Waals surface area contributed by atoms with Gasteiger partial charge in [0.25, 0.3) is 0 Å². The van der Waals surface area contributed by atoms with Crippen molar-refractivity contribution >= 4 is 45.2 Å². The Balaban J connectivity index is 1.63. The lowest BCUT2D eigenvalue weighted by atomic mass is 9.81. The molecule has 0 radical (unpaired) electrons. The smallest absolute Gasteiger partial charge is 0.491 e. The predicted molar refractivity (Wildman–Crippen MR) is 200 cm³/mol. The largest absolute Gasteiger partial charge is 0.495 e. The van der Waals surface area contributed by atoms with Crippen molar-refractivity contribution in [3.63, 3.8) is 0 Å². The van der Waals surface area contributed by atoms with Gasteiger partial charge in [0.15, 0.2) is 0 Å². The van der Waals surface area contributed by atoms with Crippen molar-refractivity contribution in [1.82, 2.24) is 14.3 Å². The van der Waals surface area contributed by atoms with E-state index < -0.39 is 56.1 Å². The van der Waals surface area contributed by atoms with Crippen LogP contribution in [0.5, 0.6) is 5.75 Å². The van der Waals surface area contributed by atoms with Crippen molar-refractivity contribution in [2.75, 3.05) is 34.8 Å². The van der Waals surface area contributed by atoms with E-state index in [1.54, 1.807) is 35.0 Å². The zero-order chi connectivity index (χ0) is 41.8. The Labute approximate surface area is 332 Å². The molecule has 0 bridgehead atoms. The zero-order valence-electron chi connectivity index (χ0n) is 31.4. The van der Waals surface area contributed by atoms with E-state index in [1.807, 2.05) is 45.8 Å². The van der Waals surface area contributed by atoms with Crippen LogP contribution in [0.15, 0.2) is 65.7 Å². The van der Waals surface area contributed by atoms with Gasteiger partial charge < -0.3 is 14.0 Å². The van der Waals surface area contributed by atoms with Crippen LogP contribution in [0.25, 0.3) is 5.69 Å². The third-order valence-corrected chi connectivity index (χ3v) is 11.1. The van der Waals surface area contributed by atoms with E-state index in [0.717, 1.165) is 11.6 Å². The summed E-state index contributed by atoms with van der Waals surface area (Å²) in [6, 6.07) is 10.7. The summed E-state index contributed by atoms with van der Waals surface area (Å²) in [4.78, 5) is 27.9. The number of aromatic nitrogens is 2. The Morgan fingerprint density at radius 2 is 1.61 bits per heavy atom. The summed E-state index contributed by atoms with van der Waals surface area (Å²) in [6.07, 6.45) is -3.56. The molecule has 4 aromatic rings. The second kappa shape index (κ2) is 17.6. The first-order valence-electron chi connectivity index (χ1n) is 17.2. The molecular formula is C38H42Cl2F5N4O6S+. The van der Waals surface area contributed by atoms with Crippen LogP contribution in [-0.4, -0.2) is 81.4 Å². The second-order valence-electron chi connectivity index (χ2n) is 14.6. The van der Waals surface area contributed by atoms with Crippen molar-refractivity contribution in [3.8, 4) is 11.4 Å². The number of aryl methyl sites for hydroxylation is 1. The highest BCUT2D eigenvalue weighted by atomic mass is 35.5. The maximum Gasteiger partial charge on any atom is 0.491 e. The predicted octanol–water partition coefficient (Wildman–Crippen LogP) is 7.73. The van der Waals surface area contributed by atoms with Crippen LogP contribution in [0.4, 0.5) is 22.0 Å². The standard InChI is InChI=1S/C38H42Cl2F5N4O6S/c1-37(2,23-10-16-28(39)32(19-23)54-6)33-22-46-34(48(33)25-13-11-24(41)12-14-25)17-15-27-29(40)20-26(21-30(27)42)56(52,53)47-31(9-7-8-18-49(3,4)5)35(50)55-36(51)38(43,44)45/h10-14,16,19-22,31,47H,7-9,15,17-18H2,1-6H3/q+1/t31-/m0/s1. The number of benzene rings is 3. The average Bonchev–Trinajstić information content (AvgIpc) is 3.53. The highest BCUT2D eigenvalue weighted by Crippen LogP contribution is 2.38. The molecule has 0 spiro atoms. The maximum absolute atomic E-state index is 15.8. The van der Waals surface area contributed by atoms with E-state index in [4.69, 9.17) is 27.9 Å². The number of rotatable bonds is 16. The van der Waals surface area contributed by atoms with E-state index in [9.17, 15) is 35.6 Å². The Hall–Kier alpha value is -4.09. The van der Waals surface area contributed by atoms with Crippen molar-refractivity contribution in [3.05, 3.63) is 105 Å². The monoisotopic (exact) mass is 847 g/mol.